The van der Waals surface area contributed by atoms with E-state index in [9.17, 15) is 9.18 Å². The second-order valence-electron chi connectivity index (χ2n) is 3.31. The van der Waals surface area contributed by atoms with Crippen molar-refractivity contribution < 1.29 is 14.3 Å². The van der Waals surface area contributed by atoms with E-state index in [2.05, 4.69) is 0 Å². The minimum absolute atomic E-state index is 0.209. The average Bonchev–Trinajstić information content (AvgIpc) is 2.09. The van der Waals surface area contributed by atoms with Crippen molar-refractivity contribution in [1.29, 1.82) is 0 Å². The van der Waals surface area contributed by atoms with E-state index in [-0.39, 0.29) is 13.1 Å². The molecule has 0 amide bonds. The van der Waals surface area contributed by atoms with Crippen molar-refractivity contribution in [1.82, 2.24) is 0 Å². The van der Waals surface area contributed by atoms with Crippen LogP contribution in [0.5, 0.6) is 0 Å². The Balaban J connectivity index is 2.87. The van der Waals surface area contributed by atoms with E-state index < -0.39 is 5.97 Å². The number of carbonyl (C=O) groups is 1. The average molecular weight is 190 g/mol. The fraction of sp³-hybridized carbons (Fsp3) is 0.900. The molecule has 0 saturated carbocycles. The van der Waals surface area contributed by atoms with Gasteiger partial charge in [-0.1, -0.05) is 32.1 Å². The molecule has 0 spiro atoms. The molecule has 0 rings (SSSR count). The molecule has 0 atom stereocenters. The van der Waals surface area contributed by atoms with Crippen LogP contribution in [0.3, 0.4) is 0 Å². The van der Waals surface area contributed by atoms with Crippen molar-refractivity contribution >= 4 is 5.97 Å². The van der Waals surface area contributed by atoms with Gasteiger partial charge in [0.25, 0.3) is 0 Å². The van der Waals surface area contributed by atoms with E-state index in [4.69, 9.17) is 5.11 Å². The lowest BCUT2D eigenvalue weighted by atomic mass is 10.1. The minimum atomic E-state index is -0.711. The van der Waals surface area contributed by atoms with E-state index in [0.29, 0.717) is 6.42 Å². The summed E-state index contributed by atoms with van der Waals surface area (Å²) in [6.07, 6.45) is 6.96. The highest BCUT2D eigenvalue weighted by Crippen LogP contribution is 2.08. The number of aliphatic carboxylic acids is 1. The van der Waals surface area contributed by atoms with Gasteiger partial charge in [0.15, 0.2) is 0 Å². The van der Waals surface area contributed by atoms with Gasteiger partial charge < -0.3 is 5.11 Å². The summed E-state index contributed by atoms with van der Waals surface area (Å²) in [5.41, 5.74) is 0. The molecule has 0 saturated heterocycles. The van der Waals surface area contributed by atoms with Crippen LogP contribution in [0.15, 0.2) is 0 Å². The Hall–Kier alpha value is -0.600. The molecule has 0 aliphatic heterocycles. The predicted molar refractivity (Wildman–Crippen MR) is 50.5 cm³/mol. The summed E-state index contributed by atoms with van der Waals surface area (Å²) in [6.45, 7) is -0.209. The summed E-state index contributed by atoms with van der Waals surface area (Å²) < 4.78 is 11.6. The predicted octanol–water partition coefficient (Wildman–Crippen LogP) is 3.16. The smallest absolute Gasteiger partial charge is 0.303 e. The molecule has 78 valence electrons. The third-order valence-corrected chi connectivity index (χ3v) is 2.02. The van der Waals surface area contributed by atoms with E-state index in [1.54, 1.807) is 0 Å². The Morgan fingerprint density at radius 1 is 0.923 bits per heavy atom. The second-order valence-corrected chi connectivity index (χ2v) is 3.31. The van der Waals surface area contributed by atoms with Crippen LogP contribution in [0.25, 0.3) is 0 Å². The highest BCUT2D eigenvalue weighted by molar-refractivity contribution is 5.66. The lowest BCUT2D eigenvalue weighted by Crippen LogP contribution is -1.93. The molecule has 0 radical (unpaired) electrons. The van der Waals surface area contributed by atoms with Crippen LogP contribution >= 0.6 is 0 Å². The monoisotopic (exact) mass is 190 g/mol. The SMILES string of the molecule is O=C(O)CCCCCCCCCF. The van der Waals surface area contributed by atoms with Crippen molar-refractivity contribution in [2.75, 3.05) is 6.67 Å². The standard InChI is InChI=1S/C10H19FO2/c11-9-7-5-3-1-2-4-6-8-10(12)13/h1-9H2,(H,12,13). The zero-order chi connectivity index (χ0) is 9.94. The molecule has 1 N–H and O–H groups in total. The van der Waals surface area contributed by atoms with Crippen LogP contribution in [-0.4, -0.2) is 17.8 Å². The first-order valence-electron chi connectivity index (χ1n) is 5.05. The fourth-order valence-electron chi connectivity index (χ4n) is 1.25. The molecule has 0 aromatic rings. The Bertz CT molecular complexity index is 126. The molecule has 0 aliphatic carbocycles. The number of carboxylic acids is 1. The van der Waals surface area contributed by atoms with Crippen LogP contribution in [-0.2, 0) is 4.79 Å². The maximum Gasteiger partial charge on any atom is 0.303 e. The van der Waals surface area contributed by atoms with Gasteiger partial charge in [-0.25, -0.2) is 0 Å². The number of halogens is 1. The Morgan fingerprint density at radius 2 is 1.38 bits per heavy atom. The van der Waals surface area contributed by atoms with Gasteiger partial charge in [-0.05, 0) is 12.8 Å². The highest BCUT2D eigenvalue weighted by Gasteiger charge is 1.96. The highest BCUT2D eigenvalue weighted by atomic mass is 19.1. The first-order chi connectivity index (χ1) is 6.27. The topological polar surface area (TPSA) is 37.3 Å². The van der Waals surface area contributed by atoms with Crippen LogP contribution in [0.4, 0.5) is 4.39 Å². The minimum Gasteiger partial charge on any atom is -0.481 e. The van der Waals surface area contributed by atoms with Gasteiger partial charge in [0.05, 0.1) is 6.67 Å². The van der Waals surface area contributed by atoms with Crippen molar-refractivity contribution in [3.63, 3.8) is 0 Å². The molecule has 0 unspecified atom stereocenters. The first kappa shape index (κ1) is 12.4. The molecule has 3 heteroatoms. The normalized spacial score (nSPS) is 10.2. The molecule has 0 aromatic heterocycles. The van der Waals surface area contributed by atoms with Gasteiger partial charge in [-0.15, -0.1) is 0 Å². The van der Waals surface area contributed by atoms with Gasteiger partial charge in [0.2, 0.25) is 0 Å². The number of carboxylic acid groups (broad SMARTS) is 1. The second kappa shape index (κ2) is 9.49. The number of hydrogen-bond donors (Lipinski definition) is 1. The van der Waals surface area contributed by atoms with Gasteiger partial charge in [0.1, 0.15) is 0 Å². The number of hydrogen-bond acceptors (Lipinski definition) is 1. The molecular weight excluding hydrogens is 171 g/mol. The first-order valence-corrected chi connectivity index (χ1v) is 5.05. The molecule has 13 heavy (non-hydrogen) atoms. The quantitative estimate of drug-likeness (QED) is 0.567. The summed E-state index contributed by atoms with van der Waals surface area (Å²) in [6, 6.07) is 0. The van der Waals surface area contributed by atoms with Gasteiger partial charge >= 0.3 is 5.97 Å². The van der Waals surface area contributed by atoms with Crippen molar-refractivity contribution in [3.05, 3.63) is 0 Å². The molecule has 0 aliphatic rings. The van der Waals surface area contributed by atoms with Crippen LogP contribution in [0.2, 0.25) is 0 Å². The number of unbranched alkanes of at least 4 members (excludes halogenated alkanes) is 6. The molecular formula is C10H19FO2. The molecule has 0 aromatic carbocycles. The summed E-state index contributed by atoms with van der Waals surface area (Å²) in [7, 11) is 0. The van der Waals surface area contributed by atoms with Crippen LogP contribution in [0.1, 0.15) is 51.4 Å². The maximum atomic E-state index is 11.6. The van der Waals surface area contributed by atoms with Crippen molar-refractivity contribution in [2.45, 2.75) is 51.4 Å². The lowest BCUT2D eigenvalue weighted by Gasteiger charge is -1.98. The van der Waals surface area contributed by atoms with Gasteiger partial charge in [0, 0.05) is 6.42 Å². The Labute approximate surface area is 79.1 Å². The molecule has 0 fully saturated rings. The fourth-order valence-corrected chi connectivity index (χ4v) is 1.25. The largest absolute Gasteiger partial charge is 0.481 e. The number of alkyl halides is 1. The van der Waals surface area contributed by atoms with E-state index >= 15 is 0 Å². The molecule has 0 heterocycles. The summed E-state index contributed by atoms with van der Waals surface area (Å²) in [4.78, 5) is 10.1. The maximum absolute atomic E-state index is 11.6. The summed E-state index contributed by atoms with van der Waals surface area (Å²) in [5, 5.41) is 8.34. The van der Waals surface area contributed by atoms with Crippen LogP contribution in [0, 0.1) is 0 Å². The zero-order valence-corrected chi connectivity index (χ0v) is 8.10. The summed E-state index contributed by atoms with van der Waals surface area (Å²) in [5.74, 6) is -0.711. The number of rotatable bonds is 9. The lowest BCUT2D eigenvalue weighted by molar-refractivity contribution is -0.137. The van der Waals surface area contributed by atoms with Gasteiger partial charge in [-0.3, -0.25) is 9.18 Å². The molecule has 2 nitrogen and oxygen atoms in total. The van der Waals surface area contributed by atoms with Gasteiger partial charge in [-0.2, -0.15) is 0 Å². The Morgan fingerprint density at radius 3 is 1.85 bits per heavy atom. The van der Waals surface area contributed by atoms with Crippen molar-refractivity contribution in [2.24, 2.45) is 0 Å². The third kappa shape index (κ3) is 11.4. The van der Waals surface area contributed by atoms with E-state index in [1.807, 2.05) is 0 Å². The zero-order valence-electron chi connectivity index (χ0n) is 8.10. The summed E-state index contributed by atoms with van der Waals surface area (Å²) >= 11 is 0. The molecule has 0 bridgehead atoms. The van der Waals surface area contributed by atoms with E-state index in [1.165, 1.54) is 0 Å². The van der Waals surface area contributed by atoms with Crippen LogP contribution < -0.4 is 0 Å². The Kier molecular flexibility index (Phi) is 9.05. The van der Waals surface area contributed by atoms with E-state index in [0.717, 1.165) is 38.5 Å². The third-order valence-electron chi connectivity index (χ3n) is 2.02. The van der Waals surface area contributed by atoms with Crippen molar-refractivity contribution in [3.8, 4) is 0 Å².